The number of hydrogen-bond donors (Lipinski definition) is 5. The number of nitrogens with zero attached hydrogens (tertiary/aromatic N) is 4. The summed E-state index contributed by atoms with van der Waals surface area (Å²) in [6.45, 7) is 2.45. The number of benzene rings is 1. The first-order chi connectivity index (χ1) is 15.6. The zero-order valence-corrected chi connectivity index (χ0v) is 19.7. The summed E-state index contributed by atoms with van der Waals surface area (Å²) in [4.78, 5) is 41.4. The lowest BCUT2D eigenvalue weighted by Crippen LogP contribution is -2.30. The van der Waals surface area contributed by atoms with E-state index in [-0.39, 0.29) is 11.3 Å². The topological polar surface area (TPSA) is 172 Å². The monoisotopic (exact) mass is 496 g/mol. The van der Waals surface area contributed by atoms with Gasteiger partial charge in [-0.05, 0) is 56.1 Å². The van der Waals surface area contributed by atoms with E-state index in [9.17, 15) is 14.0 Å². The fourth-order valence-electron chi connectivity index (χ4n) is 3.63. The molecule has 1 aliphatic rings. The highest BCUT2D eigenvalue weighted by molar-refractivity contribution is 7.77. The van der Waals surface area contributed by atoms with Gasteiger partial charge in [0, 0.05) is 18.0 Å². The molecule has 178 valence electrons. The molecule has 0 aliphatic carbocycles. The van der Waals surface area contributed by atoms with Crippen molar-refractivity contribution in [3.63, 3.8) is 0 Å². The lowest BCUT2D eigenvalue weighted by molar-refractivity contribution is 0.202. The van der Waals surface area contributed by atoms with E-state index in [2.05, 4.69) is 25.6 Å². The van der Waals surface area contributed by atoms with Crippen molar-refractivity contribution in [2.45, 2.75) is 12.8 Å². The third-order valence-electron chi connectivity index (χ3n) is 5.36. The van der Waals surface area contributed by atoms with Crippen LogP contribution in [-0.4, -0.2) is 59.8 Å². The average Bonchev–Trinajstić information content (AvgIpc) is 3.13. The van der Waals surface area contributed by atoms with E-state index in [0.29, 0.717) is 35.2 Å². The van der Waals surface area contributed by atoms with Gasteiger partial charge in [-0.15, -0.1) is 0 Å². The number of piperidine rings is 1. The lowest BCUT2D eigenvalue weighted by Gasteiger charge is -2.22. The minimum Gasteiger partial charge on any atom is -0.463 e. The molecule has 5 N–H and O–H groups in total. The summed E-state index contributed by atoms with van der Waals surface area (Å²) in [6, 6.07) is 5.99. The Bertz CT molecular complexity index is 1220. The lowest BCUT2D eigenvalue weighted by atomic mass is 9.99. The fourth-order valence-corrected chi connectivity index (χ4v) is 6.89. The summed E-state index contributed by atoms with van der Waals surface area (Å²) in [7, 11) is -7.02. The molecule has 0 spiro atoms. The van der Waals surface area contributed by atoms with Crippen molar-refractivity contribution in [3.05, 3.63) is 30.6 Å². The SMILES string of the molecule is Cn1cnc2c(Nc3ccc(P(=O)(O)CP(=O)(O)O)cc3)nc(OCC3CCNCC3)nc21. The Kier molecular flexibility index (Phi) is 6.86. The van der Waals surface area contributed by atoms with Gasteiger partial charge in [-0.1, -0.05) is 0 Å². The predicted octanol–water partition coefficient (Wildman–Crippen LogP) is 1.52. The first kappa shape index (κ1) is 23.8. The number of nitrogens with one attached hydrogen (secondary N) is 2. The summed E-state index contributed by atoms with van der Waals surface area (Å²) in [5.41, 5.74) is 1.67. The van der Waals surface area contributed by atoms with Crippen molar-refractivity contribution in [3.8, 4) is 6.01 Å². The van der Waals surface area contributed by atoms with Gasteiger partial charge in [0.05, 0.1) is 12.9 Å². The summed E-state index contributed by atoms with van der Waals surface area (Å²) in [5, 5.41) is 6.40. The minimum atomic E-state index is -4.64. The zero-order chi connectivity index (χ0) is 23.6. The maximum absolute atomic E-state index is 12.3. The normalized spacial score (nSPS) is 17.1. The molecule has 33 heavy (non-hydrogen) atoms. The van der Waals surface area contributed by atoms with Crippen LogP contribution in [0, 0.1) is 5.92 Å². The molecule has 12 nitrogen and oxygen atoms in total. The van der Waals surface area contributed by atoms with Crippen LogP contribution in [0.5, 0.6) is 6.01 Å². The van der Waals surface area contributed by atoms with Gasteiger partial charge in [0.25, 0.3) is 0 Å². The Morgan fingerprint density at radius 3 is 2.52 bits per heavy atom. The molecule has 1 aromatic carbocycles. The van der Waals surface area contributed by atoms with Crippen molar-refractivity contribution >= 4 is 42.9 Å². The number of fused-ring (bicyclic) bond motifs is 1. The quantitative estimate of drug-likeness (QED) is 0.286. The Labute approximate surface area is 190 Å². The van der Waals surface area contributed by atoms with Crippen LogP contribution in [0.2, 0.25) is 0 Å². The van der Waals surface area contributed by atoms with Crippen molar-refractivity contribution in [2.24, 2.45) is 13.0 Å². The molecule has 4 rings (SSSR count). The summed E-state index contributed by atoms with van der Waals surface area (Å²) in [5.74, 6) is -0.259. The second-order valence-electron chi connectivity index (χ2n) is 8.07. The van der Waals surface area contributed by atoms with Crippen LogP contribution in [0.3, 0.4) is 0 Å². The van der Waals surface area contributed by atoms with E-state index in [1.54, 1.807) is 10.9 Å². The van der Waals surface area contributed by atoms with E-state index in [1.807, 2.05) is 7.05 Å². The minimum absolute atomic E-state index is 0.0481. The van der Waals surface area contributed by atoms with Crippen LogP contribution < -0.4 is 20.7 Å². The number of hydrogen-bond acceptors (Lipinski definition) is 8. The molecule has 0 radical (unpaired) electrons. The Balaban J connectivity index is 1.55. The third-order valence-corrected chi connectivity index (χ3v) is 9.47. The first-order valence-corrected chi connectivity index (χ1v) is 14.0. The molecule has 0 amide bonds. The van der Waals surface area contributed by atoms with Crippen molar-refractivity contribution < 1.29 is 28.5 Å². The highest BCUT2D eigenvalue weighted by Crippen LogP contribution is 2.53. The van der Waals surface area contributed by atoms with Gasteiger partial charge >= 0.3 is 13.6 Å². The second kappa shape index (κ2) is 9.50. The molecule has 1 fully saturated rings. The van der Waals surface area contributed by atoms with Gasteiger partial charge in [-0.25, -0.2) is 4.98 Å². The maximum atomic E-state index is 12.3. The molecule has 1 unspecified atom stereocenters. The highest BCUT2D eigenvalue weighted by Gasteiger charge is 2.31. The fraction of sp³-hybridized carbons (Fsp3) is 0.421. The summed E-state index contributed by atoms with van der Waals surface area (Å²) >= 11 is 0. The van der Waals surface area contributed by atoms with Gasteiger partial charge in [0.15, 0.2) is 17.0 Å². The molecule has 14 heteroatoms. The second-order valence-corrected chi connectivity index (χ2v) is 12.4. The van der Waals surface area contributed by atoms with Crippen molar-refractivity contribution in [1.82, 2.24) is 24.8 Å². The largest absolute Gasteiger partial charge is 0.463 e. The molecule has 0 saturated carbocycles. The van der Waals surface area contributed by atoms with E-state index in [1.165, 1.54) is 24.3 Å². The standard InChI is InChI=1S/C19H26N6O6P2/c1-25-11-21-16-17(23-19(24-18(16)25)31-10-13-6-8-20-9-7-13)22-14-2-4-15(5-3-14)32(26,27)12-33(28,29)30/h2-5,11,13,20H,6-10,12H2,1H3,(H,26,27)(H,22,23,24)(H2,28,29,30). The van der Waals surface area contributed by atoms with Gasteiger partial charge in [0.2, 0.25) is 7.37 Å². The number of imidazole rings is 1. The molecule has 3 heterocycles. The molecule has 1 aliphatic heterocycles. The maximum Gasteiger partial charge on any atom is 0.335 e. The third kappa shape index (κ3) is 5.97. The van der Waals surface area contributed by atoms with Gasteiger partial charge in [-0.3, -0.25) is 9.13 Å². The van der Waals surface area contributed by atoms with E-state index >= 15 is 0 Å². The van der Waals surface area contributed by atoms with Gasteiger partial charge < -0.3 is 34.6 Å². The van der Waals surface area contributed by atoms with E-state index in [4.69, 9.17) is 14.5 Å². The van der Waals surface area contributed by atoms with Crippen molar-refractivity contribution in [2.75, 3.05) is 30.9 Å². The van der Waals surface area contributed by atoms with Gasteiger partial charge in [-0.2, -0.15) is 9.97 Å². The smallest absolute Gasteiger partial charge is 0.335 e. The summed E-state index contributed by atoms with van der Waals surface area (Å²) in [6.07, 6.45) is 3.68. The molecule has 0 bridgehead atoms. The van der Waals surface area contributed by atoms with Crippen LogP contribution in [0.25, 0.3) is 11.2 Å². The van der Waals surface area contributed by atoms with E-state index < -0.39 is 20.9 Å². The van der Waals surface area contributed by atoms with Crippen LogP contribution in [-0.2, 0) is 16.2 Å². The Morgan fingerprint density at radius 2 is 1.85 bits per heavy atom. The summed E-state index contributed by atoms with van der Waals surface area (Å²) < 4.78 is 31.1. The molecule has 3 aromatic rings. The van der Waals surface area contributed by atoms with Crippen LogP contribution in [0.15, 0.2) is 30.6 Å². The molecule has 2 aromatic heterocycles. The number of ether oxygens (including phenoxy) is 1. The molecule has 1 atom stereocenters. The van der Waals surface area contributed by atoms with Crippen LogP contribution in [0.4, 0.5) is 11.5 Å². The average molecular weight is 496 g/mol. The zero-order valence-electron chi connectivity index (χ0n) is 18.0. The highest BCUT2D eigenvalue weighted by atomic mass is 31.2. The Morgan fingerprint density at radius 1 is 1.15 bits per heavy atom. The number of rotatable bonds is 8. The molecule has 1 saturated heterocycles. The van der Waals surface area contributed by atoms with Crippen LogP contribution >= 0.6 is 15.0 Å². The number of aryl methyl sites for hydroxylation is 1. The van der Waals surface area contributed by atoms with Crippen LogP contribution in [0.1, 0.15) is 12.8 Å². The molecular weight excluding hydrogens is 470 g/mol. The number of anilines is 2. The van der Waals surface area contributed by atoms with Crippen molar-refractivity contribution in [1.29, 1.82) is 0 Å². The molecular formula is C19H26N6O6P2. The predicted molar refractivity (Wildman–Crippen MR) is 123 cm³/mol. The number of aromatic nitrogens is 4. The Hall–Kier alpha value is -2.33. The first-order valence-electron chi connectivity index (χ1n) is 10.4. The van der Waals surface area contributed by atoms with E-state index in [0.717, 1.165) is 25.9 Å². The van der Waals surface area contributed by atoms with Gasteiger partial charge in [0.1, 0.15) is 5.90 Å².